The molecule has 0 unspecified atom stereocenters. The summed E-state index contributed by atoms with van der Waals surface area (Å²) in [6, 6.07) is 9.07. The SMILES string of the molecule is Cc1ccc2cccc(Oc3ncnc(NN)c3[N+](=O)[O-])c2n1. The summed E-state index contributed by atoms with van der Waals surface area (Å²) in [5, 5.41) is 12.1. The van der Waals surface area contributed by atoms with Crippen LogP contribution in [0.2, 0.25) is 0 Å². The summed E-state index contributed by atoms with van der Waals surface area (Å²) in [5.74, 6) is 5.26. The third-order valence-corrected chi connectivity index (χ3v) is 3.14. The number of nitro groups is 1. The fourth-order valence-corrected chi connectivity index (χ4v) is 2.11. The number of para-hydroxylation sites is 1. The molecule has 0 saturated carbocycles. The molecule has 0 fully saturated rings. The molecule has 0 bridgehead atoms. The number of pyridine rings is 1. The standard InChI is InChI=1S/C14H12N6O3/c1-8-5-6-9-3-2-4-10(11(9)18-8)23-14-12(20(21)22)13(19-15)16-7-17-14/h2-7H,15H2,1H3,(H,16,17,19). The molecule has 0 aliphatic rings. The molecule has 23 heavy (non-hydrogen) atoms. The molecule has 116 valence electrons. The molecule has 1 aromatic carbocycles. The van der Waals surface area contributed by atoms with Crippen molar-refractivity contribution in [3.63, 3.8) is 0 Å². The summed E-state index contributed by atoms with van der Waals surface area (Å²) in [6.45, 7) is 1.85. The molecule has 3 aromatic rings. The summed E-state index contributed by atoms with van der Waals surface area (Å²) >= 11 is 0. The molecule has 2 aromatic heterocycles. The van der Waals surface area contributed by atoms with Gasteiger partial charge in [-0.2, -0.15) is 4.98 Å². The van der Waals surface area contributed by atoms with E-state index in [1.807, 2.05) is 25.1 Å². The molecule has 0 aliphatic carbocycles. The molecule has 0 atom stereocenters. The van der Waals surface area contributed by atoms with E-state index >= 15 is 0 Å². The highest BCUT2D eigenvalue weighted by atomic mass is 16.6. The Labute approximate surface area is 130 Å². The smallest absolute Gasteiger partial charge is 0.374 e. The minimum atomic E-state index is -0.658. The van der Waals surface area contributed by atoms with E-state index in [9.17, 15) is 10.1 Å². The maximum atomic E-state index is 11.2. The number of aromatic nitrogens is 3. The number of hydrazine groups is 1. The quantitative estimate of drug-likeness (QED) is 0.426. The van der Waals surface area contributed by atoms with Gasteiger partial charge in [0.1, 0.15) is 11.8 Å². The molecule has 0 saturated heterocycles. The summed E-state index contributed by atoms with van der Waals surface area (Å²) < 4.78 is 5.63. The maximum absolute atomic E-state index is 11.2. The van der Waals surface area contributed by atoms with Crippen LogP contribution in [0.15, 0.2) is 36.7 Å². The van der Waals surface area contributed by atoms with Gasteiger partial charge in [0.2, 0.25) is 5.82 Å². The van der Waals surface area contributed by atoms with Crippen LogP contribution in [0, 0.1) is 17.0 Å². The maximum Gasteiger partial charge on any atom is 0.374 e. The lowest BCUT2D eigenvalue weighted by Crippen LogP contribution is -2.12. The molecule has 2 heterocycles. The largest absolute Gasteiger partial charge is 0.431 e. The van der Waals surface area contributed by atoms with Gasteiger partial charge in [-0.05, 0) is 19.1 Å². The van der Waals surface area contributed by atoms with Crippen LogP contribution in [0.25, 0.3) is 10.9 Å². The second kappa shape index (κ2) is 5.81. The number of nitrogens with zero attached hydrogens (tertiary/aromatic N) is 4. The van der Waals surface area contributed by atoms with Crippen molar-refractivity contribution < 1.29 is 9.66 Å². The summed E-state index contributed by atoms with van der Waals surface area (Å²) in [7, 11) is 0. The van der Waals surface area contributed by atoms with E-state index in [4.69, 9.17) is 10.6 Å². The third kappa shape index (κ3) is 2.72. The number of aryl methyl sites for hydroxylation is 1. The molecule has 9 heteroatoms. The Balaban J connectivity index is 2.13. The van der Waals surface area contributed by atoms with Gasteiger partial charge in [0, 0.05) is 11.1 Å². The van der Waals surface area contributed by atoms with Gasteiger partial charge in [-0.25, -0.2) is 15.8 Å². The van der Waals surface area contributed by atoms with Crippen molar-refractivity contribution in [3.05, 3.63) is 52.5 Å². The van der Waals surface area contributed by atoms with Gasteiger partial charge in [0.15, 0.2) is 5.75 Å². The third-order valence-electron chi connectivity index (χ3n) is 3.14. The van der Waals surface area contributed by atoms with E-state index in [1.165, 1.54) is 0 Å². The van der Waals surface area contributed by atoms with Crippen LogP contribution in [0.4, 0.5) is 11.5 Å². The van der Waals surface area contributed by atoms with E-state index in [0.29, 0.717) is 11.3 Å². The van der Waals surface area contributed by atoms with Gasteiger partial charge in [0.25, 0.3) is 0 Å². The molecule has 3 N–H and O–H groups in total. The van der Waals surface area contributed by atoms with Crippen LogP contribution in [0.1, 0.15) is 5.69 Å². The van der Waals surface area contributed by atoms with Crippen LogP contribution < -0.4 is 16.0 Å². The first-order chi connectivity index (χ1) is 11.1. The minimum absolute atomic E-state index is 0.135. The van der Waals surface area contributed by atoms with E-state index < -0.39 is 10.6 Å². The molecule has 0 amide bonds. The number of hydrogen-bond donors (Lipinski definition) is 2. The molecule has 3 rings (SSSR count). The Hall–Kier alpha value is -3.33. The lowest BCUT2D eigenvalue weighted by Gasteiger charge is -2.09. The van der Waals surface area contributed by atoms with Crippen molar-refractivity contribution in [2.45, 2.75) is 6.92 Å². The number of rotatable bonds is 4. The van der Waals surface area contributed by atoms with E-state index in [2.05, 4.69) is 20.4 Å². The number of nitrogens with one attached hydrogen (secondary N) is 1. The van der Waals surface area contributed by atoms with E-state index in [0.717, 1.165) is 17.4 Å². The van der Waals surface area contributed by atoms with Crippen LogP contribution in [-0.2, 0) is 0 Å². The summed E-state index contributed by atoms with van der Waals surface area (Å²) in [4.78, 5) is 22.5. The van der Waals surface area contributed by atoms with Gasteiger partial charge < -0.3 is 10.2 Å². The Bertz CT molecular complexity index is 899. The predicted octanol–water partition coefficient (Wildman–Crippen LogP) is 2.32. The molecule has 0 spiro atoms. The Kier molecular flexibility index (Phi) is 3.69. The van der Waals surface area contributed by atoms with Crippen LogP contribution in [0.3, 0.4) is 0 Å². The topological polar surface area (TPSA) is 129 Å². The molecular formula is C14H12N6O3. The summed E-state index contributed by atoms with van der Waals surface area (Å²) in [5.41, 5.74) is 3.10. The van der Waals surface area contributed by atoms with Gasteiger partial charge >= 0.3 is 11.6 Å². The zero-order chi connectivity index (χ0) is 16.4. The van der Waals surface area contributed by atoms with Crippen molar-refractivity contribution in [1.29, 1.82) is 0 Å². The second-order valence-electron chi connectivity index (χ2n) is 4.66. The molecule has 9 nitrogen and oxygen atoms in total. The average Bonchev–Trinajstić information content (AvgIpc) is 2.55. The lowest BCUT2D eigenvalue weighted by atomic mass is 10.2. The Morgan fingerprint density at radius 3 is 2.83 bits per heavy atom. The van der Waals surface area contributed by atoms with E-state index in [1.54, 1.807) is 12.1 Å². The fourth-order valence-electron chi connectivity index (χ4n) is 2.11. The first kappa shape index (κ1) is 14.6. The van der Waals surface area contributed by atoms with Crippen molar-refractivity contribution in [1.82, 2.24) is 15.0 Å². The summed E-state index contributed by atoms with van der Waals surface area (Å²) in [6.07, 6.45) is 1.13. The minimum Gasteiger partial charge on any atom is -0.431 e. The van der Waals surface area contributed by atoms with Gasteiger partial charge in [-0.3, -0.25) is 10.1 Å². The number of fused-ring (bicyclic) bond motifs is 1. The first-order valence-corrected chi connectivity index (χ1v) is 6.60. The zero-order valence-corrected chi connectivity index (χ0v) is 12.1. The van der Waals surface area contributed by atoms with Gasteiger partial charge in [0.05, 0.1) is 4.92 Å². The molecule has 0 radical (unpaired) electrons. The van der Waals surface area contributed by atoms with Crippen LogP contribution in [0.5, 0.6) is 11.6 Å². The number of hydrogen-bond acceptors (Lipinski definition) is 8. The Morgan fingerprint density at radius 1 is 1.26 bits per heavy atom. The first-order valence-electron chi connectivity index (χ1n) is 6.60. The fraction of sp³-hybridized carbons (Fsp3) is 0.0714. The predicted molar refractivity (Wildman–Crippen MR) is 83.1 cm³/mol. The Morgan fingerprint density at radius 2 is 2.09 bits per heavy atom. The highest BCUT2D eigenvalue weighted by molar-refractivity contribution is 5.85. The number of nitrogens with two attached hydrogens (primary N) is 1. The van der Waals surface area contributed by atoms with Crippen molar-refractivity contribution in [2.75, 3.05) is 5.43 Å². The highest BCUT2D eigenvalue weighted by Crippen LogP contribution is 2.35. The molecule has 0 aliphatic heterocycles. The van der Waals surface area contributed by atoms with Gasteiger partial charge in [-0.1, -0.05) is 18.2 Å². The normalized spacial score (nSPS) is 10.5. The van der Waals surface area contributed by atoms with Crippen LogP contribution >= 0.6 is 0 Å². The average molecular weight is 312 g/mol. The van der Waals surface area contributed by atoms with Crippen LogP contribution in [-0.4, -0.2) is 19.9 Å². The van der Waals surface area contributed by atoms with Crippen molar-refractivity contribution in [3.8, 4) is 11.6 Å². The highest BCUT2D eigenvalue weighted by Gasteiger charge is 2.25. The number of ether oxygens (including phenoxy) is 1. The van der Waals surface area contributed by atoms with E-state index in [-0.39, 0.29) is 11.7 Å². The number of anilines is 1. The van der Waals surface area contributed by atoms with Crippen molar-refractivity contribution >= 4 is 22.4 Å². The number of benzene rings is 1. The second-order valence-corrected chi connectivity index (χ2v) is 4.66. The molecular weight excluding hydrogens is 300 g/mol. The van der Waals surface area contributed by atoms with Gasteiger partial charge in [-0.15, -0.1) is 0 Å². The van der Waals surface area contributed by atoms with Crippen molar-refractivity contribution in [2.24, 2.45) is 5.84 Å². The lowest BCUT2D eigenvalue weighted by molar-refractivity contribution is -0.385. The number of nitrogen functional groups attached to an aromatic ring is 1. The zero-order valence-electron chi connectivity index (χ0n) is 12.1. The monoisotopic (exact) mass is 312 g/mol.